The minimum absolute atomic E-state index is 0.722. The summed E-state index contributed by atoms with van der Waals surface area (Å²) in [4.78, 5) is 0. The summed E-state index contributed by atoms with van der Waals surface area (Å²) in [6.07, 6.45) is 3.60. The number of nitrogens with one attached hydrogen (secondary N) is 1. The predicted octanol–water partition coefficient (Wildman–Crippen LogP) is 2.03. The molecule has 2 aromatic heterocycles. The Morgan fingerprint density at radius 3 is 3.17 bits per heavy atom. The third kappa shape index (κ3) is 1.02. The molecule has 3 nitrogen and oxygen atoms in total. The molecule has 0 bridgehead atoms. The number of pyridine rings is 1. The molecule has 0 atom stereocenters. The van der Waals surface area contributed by atoms with Crippen molar-refractivity contribution in [3.8, 4) is 0 Å². The van der Waals surface area contributed by atoms with Gasteiger partial charge in [-0.05, 0) is 12.1 Å². The fourth-order valence-corrected chi connectivity index (χ4v) is 1.31. The molecule has 0 spiro atoms. The minimum Gasteiger partial charge on any atom is -0.385 e. The molecule has 12 heavy (non-hydrogen) atoms. The van der Waals surface area contributed by atoms with Gasteiger partial charge in [-0.15, -0.1) is 0 Å². The largest absolute Gasteiger partial charge is 0.385 e. The Balaban J connectivity index is 2.75. The van der Waals surface area contributed by atoms with Crippen LogP contribution in [0.25, 0.3) is 5.52 Å². The van der Waals surface area contributed by atoms with Crippen LogP contribution in [0.1, 0.15) is 0 Å². The van der Waals surface area contributed by atoms with Crippen LogP contribution in [0.15, 0.2) is 24.5 Å². The lowest BCUT2D eigenvalue weighted by Crippen LogP contribution is -1.88. The van der Waals surface area contributed by atoms with E-state index in [-0.39, 0.29) is 0 Å². The van der Waals surface area contributed by atoms with E-state index in [9.17, 15) is 0 Å². The van der Waals surface area contributed by atoms with Gasteiger partial charge in [0.25, 0.3) is 0 Å². The number of fused-ring (bicyclic) bond motifs is 1. The van der Waals surface area contributed by atoms with E-state index in [0.717, 1.165) is 16.2 Å². The number of hydrogen-bond donors (Lipinski definition) is 1. The highest BCUT2D eigenvalue weighted by Crippen LogP contribution is 2.19. The zero-order chi connectivity index (χ0) is 8.55. The summed E-state index contributed by atoms with van der Waals surface area (Å²) in [6, 6.07) is 3.68. The summed E-state index contributed by atoms with van der Waals surface area (Å²) in [6.45, 7) is 0. The van der Waals surface area contributed by atoms with Crippen LogP contribution < -0.4 is 5.32 Å². The Morgan fingerprint density at radius 2 is 2.42 bits per heavy atom. The Kier molecular flexibility index (Phi) is 1.66. The van der Waals surface area contributed by atoms with Crippen LogP contribution in [0.5, 0.6) is 0 Å². The molecule has 0 saturated carbocycles. The zero-order valence-corrected chi connectivity index (χ0v) is 7.34. The summed E-state index contributed by atoms with van der Waals surface area (Å²) >= 11 is 5.84. The number of rotatable bonds is 1. The van der Waals surface area contributed by atoms with Crippen molar-refractivity contribution in [1.82, 2.24) is 9.61 Å². The van der Waals surface area contributed by atoms with Crippen LogP contribution in [-0.4, -0.2) is 16.7 Å². The van der Waals surface area contributed by atoms with Crippen molar-refractivity contribution in [3.05, 3.63) is 29.5 Å². The van der Waals surface area contributed by atoms with E-state index < -0.39 is 0 Å². The van der Waals surface area contributed by atoms with E-state index in [1.165, 1.54) is 0 Å². The Labute approximate surface area is 75.0 Å². The number of hydrogen-bond acceptors (Lipinski definition) is 2. The molecule has 1 N–H and O–H groups in total. The fourth-order valence-electron chi connectivity index (χ4n) is 1.15. The molecule has 0 aromatic carbocycles. The lowest BCUT2D eigenvalue weighted by Gasteiger charge is -1.96. The Hall–Kier alpha value is -1.22. The summed E-state index contributed by atoms with van der Waals surface area (Å²) < 4.78 is 1.78. The van der Waals surface area contributed by atoms with Gasteiger partial charge in [-0.1, -0.05) is 11.6 Å². The predicted molar refractivity (Wildman–Crippen MR) is 49.7 cm³/mol. The summed E-state index contributed by atoms with van der Waals surface area (Å²) in [5, 5.41) is 7.88. The molecular formula is C8H8ClN3. The van der Waals surface area contributed by atoms with E-state index in [1.807, 2.05) is 19.3 Å². The molecule has 2 rings (SSSR count). The van der Waals surface area contributed by atoms with Crippen molar-refractivity contribution in [2.75, 3.05) is 12.4 Å². The van der Waals surface area contributed by atoms with Crippen molar-refractivity contribution >= 4 is 22.8 Å². The van der Waals surface area contributed by atoms with Gasteiger partial charge in [0.15, 0.2) is 0 Å². The highest BCUT2D eigenvalue weighted by atomic mass is 35.5. The van der Waals surface area contributed by atoms with Crippen LogP contribution in [0, 0.1) is 0 Å². The first-order valence-corrected chi connectivity index (χ1v) is 3.99. The van der Waals surface area contributed by atoms with Crippen molar-refractivity contribution in [2.45, 2.75) is 0 Å². The molecule has 2 aromatic rings. The van der Waals surface area contributed by atoms with Crippen molar-refractivity contribution in [2.24, 2.45) is 0 Å². The second-order valence-corrected chi connectivity index (χ2v) is 2.92. The van der Waals surface area contributed by atoms with Crippen molar-refractivity contribution in [3.63, 3.8) is 0 Å². The Morgan fingerprint density at radius 1 is 1.58 bits per heavy atom. The van der Waals surface area contributed by atoms with Gasteiger partial charge in [0.05, 0.1) is 17.4 Å². The first-order valence-electron chi connectivity index (χ1n) is 3.62. The normalized spacial score (nSPS) is 10.5. The smallest absolute Gasteiger partial charge is 0.0908 e. The quantitative estimate of drug-likeness (QED) is 0.730. The standard InChI is InChI=1S/C8H8ClN3/c1-10-7-5-11-12-3-2-6(9)4-8(7)12/h2-5,10H,1H3. The second kappa shape index (κ2) is 2.68. The van der Waals surface area contributed by atoms with Crippen LogP contribution in [0.4, 0.5) is 5.69 Å². The number of aromatic nitrogens is 2. The number of anilines is 1. The first kappa shape index (κ1) is 7.43. The maximum Gasteiger partial charge on any atom is 0.0908 e. The molecule has 0 unspecified atom stereocenters. The number of halogens is 1. The molecule has 0 fully saturated rings. The van der Waals surface area contributed by atoms with E-state index in [1.54, 1.807) is 16.8 Å². The van der Waals surface area contributed by atoms with Crippen LogP contribution in [0.3, 0.4) is 0 Å². The molecule has 0 aliphatic rings. The van der Waals surface area contributed by atoms with Gasteiger partial charge >= 0.3 is 0 Å². The maximum absolute atomic E-state index is 5.84. The highest BCUT2D eigenvalue weighted by molar-refractivity contribution is 6.31. The monoisotopic (exact) mass is 181 g/mol. The number of nitrogens with zero attached hydrogens (tertiary/aromatic N) is 2. The molecule has 0 amide bonds. The maximum atomic E-state index is 5.84. The SMILES string of the molecule is CNc1cnn2ccc(Cl)cc12. The van der Waals surface area contributed by atoms with E-state index in [2.05, 4.69) is 10.4 Å². The van der Waals surface area contributed by atoms with Gasteiger partial charge in [0.2, 0.25) is 0 Å². The summed E-state index contributed by atoms with van der Waals surface area (Å²) in [5.41, 5.74) is 1.97. The van der Waals surface area contributed by atoms with Crippen molar-refractivity contribution < 1.29 is 0 Å². The minimum atomic E-state index is 0.722. The molecule has 4 heteroatoms. The molecule has 62 valence electrons. The van der Waals surface area contributed by atoms with Gasteiger partial charge in [0, 0.05) is 18.3 Å². The van der Waals surface area contributed by atoms with E-state index in [0.29, 0.717) is 0 Å². The van der Waals surface area contributed by atoms with Gasteiger partial charge < -0.3 is 5.32 Å². The fraction of sp³-hybridized carbons (Fsp3) is 0.125. The second-order valence-electron chi connectivity index (χ2n) is 2.48. The van der Waals surface area contributed by atoms with Gasteiger partial charge in [-0.25, -0.2) is 4.52 Å². The lowest BCUT2D eigenvalue weighted by atomic mass is 10.4. The summed E-state index contributed by atoms with van der Waals surface area (Å²) in [5.74, 6) is 0. The third-order valence-corrected chi connectivity index (χ3v) is 1.99. The van der Waals surface area contributed by atoms with Crippen LogP contribution in [0.2, 0.25) is 5.02 Å². The van der Waals surface area contributed by atoms with Gasteiger partial charge in [-0.3, -0.25) is 0 Å². The van der Waals surface area contributed by atoms with Crippen LogP contribution >= 0.6 is 11.6 Å². The average molecular weight is 182 g/mol. The third-order valence-electron chi connectivity index (χ3n) is 1.75. The summed E-state index contributed by atoms with van der Waals surface area (Å²) in [7, 11) is 1.86. The molecule has 0 aliphatic carbocycles. The highest BCUT2D eigenvalue weighted by Gasteiger charge is 2.00. The molecule has 0 saturated heterocycles. The van der Waals surface area contributed by atoms with Crippen LogP contribution in [-0.2, 0) is 0 Å². The molecule has 2 heterocycles. The molecular weight excluding hydrogens is 174 g/mol. The lowest BCUT2D eigenvalue weighted by molar-refractivity contribution is 0.961. The topological polar surface area (TPSA) is 29.3 Å². The van der Waals surface area contributed by atoms with Gasteiger partial charge in [-0.2, -0.15) is 5.10 Å². The average Bonchev–Trinajstić information content (AvgIpc) is 2.46. The van der Waals surface area contributed by atoms with E-state index in [4.69, 9.17) is 11.6 Å². The van der Waals surface area contributed by atoms with E-state index >= 15 is 0 Å². The first-order chi connectivity index (χ1) is 5.81. The Bertz CT molecular complexity index is 408. The molecule has 0 aliphatic heterocycles. The van der Waals surface area contributed by atoms with Crippen molar-refractivity contribution in [1.29, 1.82) is 0 Å². The van der Waals surface area contributed by atoms with Gasteiger partial charge in [0.1, 0.15) is 0 Å². The molecule has 0 radical (unpaired) electrons. The zero-order valence-electron chi connectivity index (χ0n) is 6.58.